The lowest BCUT2D eigenvalue weighted by atomic mass is 9.86. The third kappa shape index (κ3) is 4.39. The number of hydrogen-bond acceptors (Lipinski definition) is 5. The molecule has 0 unspecified atom stereocenters. The molecule has 3 rings (SSSR count). The van der Waals surface area contributed by atoms with Crippen molar-refractivity contribution in [2.24, 2.45) is 5.92 Å². The van der Waals surface area contributed by atoms with E-state index in [2.05, 4.69) is 15.3 Å². The van der Waals surface area contributed by atoms with Crippen LogP contribution in [0.15, 0.2) is 41.6 Å². The largest absolute Gasteiger partial charge is 0.324 e. The first-order valence-corrected chi connectivity index (χ1v) is 10.9. The Bertz CT molecular complexity index is 985. The van der Waals surface area contributed by atoms with Gasteiger partial charge in [-0.15, -0.1) is 0 Å². The van der Waals surface area contributed by atoms with Crippen LogP contribution in [0.5, 0.6) is 0 Å². The number of likely N-dealkylation sites (tertiary alicyclic amines) is 1. The van der Waals surface area contributed by atoms with E-state index in [1.807, 2.05) is 6.92 Å². The lowest BCUT2D eigenvalue weighted by Crippen LogP contribution is -2.48. The average Bonchev–Trinajstić information content (AvgIpc) is 2.69. The highest BCUT2D eigenvalue weighted by molar-refractivity contribution is 7.92. The Morgan fingerprint density at radius 2 is 1.90 bits per heavy atom. The number of aryl methyl sites for hydroxylation is 1. The molecule has 1 aromatic carbocycles. The maximum absolute atomic E-state index is 13.5. The predicted octanol–water partition coefficient (Wildman–Crippen LogP) is 3.42. The van der Waals surface area contributed by atoms with Crippen molar-refractivity contribution in [1.82, 2.24) is 14.9 Å². The summed E-state index contributed by atoms with van der Waals surface area (Å²) < 4.78 is 38.7. The zero-order valence-corrected chi connectivity index (χ0v) is 17.5. The molecule has 1 fully saturated rings. The molecular weight excluding hydrogens is 395 g/mol. The Labute approximate surface area is 170 Å². The van der Waals surface area contributed by atoms with Crippen LogP contribution in [0.1, 0.15) is 32.4 Å². The highest BCUT2D eigenvalue weighted by Gasteiger charge is 2.44. The summed E-state index contributed by atoms with van der Waals surface area (Å²) in [5.74, 6) is -0.358. The van der Waals surface area contributed by atoms with E-state index in [4.69, 9.17) is 0 Å². The first-order valence-electron chi connectivity index (χ1n) is 9.46. The van der Waals surface area contributed by atoms with Gasteiger partial charge < -0.3 is 4.90 Å². The smallest absolute Gasteiger partial charge is 0.323 e. The number of nitrogens with one attached hydrogen (secondary N) is 1. The number of nitrogens with zero attached hydrogens (tertiary/aromatic N) is 3. The van der Waals surface area contributed by atoms with Crippen molar-refractivity contribution >= 4 is 21.7 Å². The molecular formula is C20H25FN4O3S. The third-order valence-electron chi connectivity index (χ3n) is 5.58. The van der Waals surface area contributed by atoms with Gasteiger partial charge >= 0.3 is 6.03 Å². The zero-order chi connectivity index (χ0) is 21.2. The van der Waals surface area contributed by atoms with E-state index < -0.39 is 20.4 Å². The number of carbonyl (C=O) groups excluding carboxylic acids is 1. The van der Waals surface area contributed by atoms with Crippen LogP contribution in [0, 0.1) is 18.7 Å². The van der Waals surface area contributed by atoms with Crippen LogP contribution in [0.2, 0.25) is 0 Å². The van der Waals surface area contributed by atoms with Crippen LogP contribution in [-0.2, 0) is 9.84 Å². The van der Waals surface area contributed by atoms with Crippen molar-refractivity contribution in [3.63, 3.8) is 0 Å². The lowest BCUT2D eigenvalue weighted by molar-refractivity contribution is 0.171. The number of rotatable bonds is 4. The molecule has 2 heterocycles. The fourth-order valence-corrected chi connectivity index (χ4v) is 5.39. The summed E-state index contributed by atoms with van der Waals surface area (Å²) in [6.07, 6.45) is 4.14. The minimum atomic E-state index is -3.73. The maximum Gasteiger partial charge on any atom is 0.323 e. The number of piperidine rings is 1. The molecule has 0 spiro atoms. The molecule has 7 nitrogen and oxygen atoms in total. The van der Waals surface area contributed by atoms with Crippen molar-refractivity contribution in [1.29, 1.82) is 0 Å². The second-order valence-corrected chi connectivity index (χ2v) is 10.3. The molecule has 1 aliphatic heterocycles. The van der Waals surface area contributed by atoms with Crippen LogP contribution in [-0.4, -0.2) is 47.2 Å². The van der Waals surface area contributed by atoms with E-state index >= 15 is 0 Å². The number of halogens is 1. The number of urea groups is 1. The van der Waals surface area contributed by atoms with Gasteiger partial charge in [0.1, 0.15) is 5.82 Å². The third-order valence-corrected chi connectivity index (χ3v) is 8.17. The van der Waals surface area contributed by atoms with Crippen molar-refractivity contribution in [2.75, 3.05) is 18.4 Å². The zero-order valence-electron chi connectivity index (χ0n) is 16.7. The Morgan fingerprint density at radius 3 is 2.48 bits per heavy atom. The topological polar surface area (TPSA) is 92.3 Å². The number of hydrogen-bond donors (Lipinski definition) is 1. The average molecular weight is 421 g/mol. The van der Waals surface area contributed by atoms with Gasteiger partial charge in [-0.3, -0.25) is 10.3 Å². The van der Waals surface area contributed by atoms with Gasteiger partial charge in [-0.05, 0) is 57.7 Å². The Morgan fingerprint density at radius 1 is 1.21 bits per heavy atom. The molecule has 1 aromatic heterocycles. The molecule has 156 valence electrons. The first kappa shape index (κ1) is 21.2. The fourth-order valence-electron chi connectivity index (χ4n) is 3.58. The second-order valence-electron chi connectivity index (χ2n) is 7.80. The summed E-state index contributed by atoms with van der Waals surface area (Å²) in [4.78, 5) is 22.3. The first-order chi connectivity index (χ1) is 13.6. The summed E-state index contributed by atoms with van der Waals surface area (Å²) >= 11 is 0. The van der Waals surface area contributed by atoms with Crippen LogP contribution < -0.4 is 5.32 Å². The van der Waals surface area contributed by atoms with E-state index in [0.717, 1.165) is 11.8 Å². The summed E-state index contributed by atoms with van der Waals surface area (Å²) in [6, 6.07) is 4.82. The van der Waals surface area contributed by atoms with E-state index in [-0.39, 0.29) is 16.8 Å². The van der Waals surface area contributed by atoms with Crippen LogP contribution >= 0.6 is 0 Å². The van der Waals surface area contributed by atoms with Crippen molar-refractivity contribution in [3.05, 3.63) is 48.2 Å². The highest BCUT2D eigenvalue weighted by atomic mass is 32.2. The summed E-state index contributed by atoms with van der Waals surface area (Å²) in [5, 5.41) is 2.71. The van der Waals surface area contributed by atoms with Gasteiger partial charge in [-0.25, -0.2) is 22.6 Å². The molecule has 0 radical (unpaired) electrons. The lowest BCUT2D eigenvalue weighted by Gasteiger charge is -2.40. The van der Waals surface area contributed by atoms with Crippen LogP contribution in [0.25, 0.3) is 0 Å². The van der Waals surface area contributed by atoms with Gasteiger partial charge in [0.05, 0.1) is 27.7 Å². The Hall–Kier alpha value is -2.55. The van der Waals surface area contributed by atoms with Crippen molar-refractivity contribution in [3.8, 4) is 0 Å². The fraction of sp³-hybridized carbons (Fsp3) is 0.450. The second kappa shape index (κ2) is 8.06. The van der Waals surface area contributed by atoms with Gasteiger partial charge in [0.25, 0.3) is 0 Å². The number of aromatic nitrogens is 2. The summed E-state index contributed by atoms with van der Waals surface area (Å²) in [6.45, 7) is 6.02. The van der Waals surface area contributed by atoms with Gasteiger partial charge in [-0.2, -0.15) is 0 Å². The molecule has 2 aromatic rings. The predicted molar refractivity (Wildman–Crippen MR) is 108 cm³/mol. The van der Waals surface area contributed by atoms with E-state index in [1.165, 1.54) is 24.4 Å². The van der Waals surface area contributed by atoms with Crippen molar-refractivity contribution in [2.45, 2.75) is 43.3 Å². The standard InChI is InChI=1S/C20H25FN4O3S/c1-14-12-23-18(13-22-14)24-19(26)25-9-7-15(8-10-25)20(2,3)29(27,28)17-6-4-5-16(21)11-17/h4-6,11-13,15H,7-10H2,1-3H3,(H,23,24,26). The minimum Gasteiger partial charge on any atom is -0.324 e. The minimum absolute atomic E-state index is 0.0133. The van der Waals surface area contributed by atoms with Crippen molar-refractivity contribution < 1.29 is 17.6 Å². The number of amides is 2. The summed E-state index contributed by atoms with van der Waals surface area (Å²) in [7, 11) is -3.73. The molecule has 9 heteroatoms. The molecule has 1 N–H and O–H groups in total. The van der Waals surface area contributed by atoms with Gasteiger partial charge in [0.15, 0.2) is 15.7 Å². The Balaban J connectivity index is 1.66. The normalized spacial score (nSPS) is 15.9. The maximum atomic E-state index is 13.5. The highest BCUT2D eigenvalue weighted by Crippen LogP contribution is 2.38. The molecule has 0 aliphatic carbocycles. The van der Waals surface area contributed by atoms with Gasteiger partial charge in [0.2, 0.25) is 0 Å². The number of carbonyl (C=O) groups is 1. The molecule has 29 heavy (non-hydrogen) atoms. The van der Waals surface area contributed by atoms with Gasteiger partial charge in [0, 0.05) is 13.1 Å². The molecule has 1 saturated heterocycles. The molecule has 2 amide bonds. The molecule has 0 atom stereocenters. The summed E-state index contributed by atoms with van der Waals surface area (Å²) in [5.41, 5.74) is 0.755. The van der Waals surface area contributed by atoms with Crippen LogP contribution in [0.4, 0.5) is 15.0 Å². The number of benzene rings is 1. The molecule has 0 bridgehead atoms. The van der Waals surface area contributed by atoms with E-state index in [0.29, 0.717) is 31.7 Å². The molecule has 0 saturated carbocycles. The Kier molecular flexibility index (Phi) is 5.88. The monoisotopic (exact) mass is 420 g/mol. The van der Waals surface area contributed by atoms with Gasteiger partial charge in [-0.1, -0.05) is 6.07 Å². The number of sulfone groups is 1. The quantitative estimate of drug-likeness (QED) is 0.818. The van der Waals surface area contributed by atoms with E-state index in [1.54, 1.807) is 24.9 Å². The van der Waals surface area contributed by atoms with E-state index in [9.17, 15) is 17.6 Å². The molecule has 1 aliphatic rings. The van der Waals surface area contributed by atoms with Crippen LogP contribution in [0.3, 0.4) is 0 Å². The number of anilines is 1. The SMILES string of the molecule is Cc1cnc(NC(=O)N2CCC(C(C)(C)S(=O)(=O)c3cccc(F)c3)CC2)cn1.